The number of rotatable bonds is 32. The number of hydrogen-bond donors (Lipinski definition) is 0. The van der Waals surface area contributed by atoms with Gasteiger partial charge in [0.2, 0.25) is 0 Å². The van der Waals surface area contributed by atoms with Crippen molar-refractivity contribution >= 4 is 23.9 Å². The van der Waals surface area contributed by atoms with Crippen molar-refractivity contribution in [3.05, 3.63) is 0 Å². The van der Waals surface area contributed by atoms with Crippen LogP contribution in [0.4, 0.5) is 0 Å². The van der Waals surface area contributed by atoms with E-state index in [1.807, 2.05) is 6.92 Å². The second kappa shape index (κ2) is 33.2. The summed E-state index contributed by atoms with van der Waals surface area (Å²) in [5, 5.41) is 0. The van der Waals surface area contributed by atoms with Crippen LogP contribution >= 0.6 is 0 Å². The van der Waals surface area contributed by atoms with Crippen LogP contribution in [0.25, 0.3) is 0 Å². The lowest BCUT2D eigenvalue weighted by atomic mass is 9.87. The van der Waals surface area contributed by atoms with E-state index in [1.165, 1.54) is 89.9 Å². The van der Waals surface area contributed by atoms with Crippen LogP contribution in [0.2, 0.25) is 0 Å². The SMILES string of the molecule is CCCOC(=O)CCN1CCC(CCCC2CCN(CCC(=O)OCCCCCCOC(=O)CCN3CCC(CCCC4CCN(CCC(=O)OCCOC)CC4)CC3)CC2)CC1. The summed E-state index contributed by atoms with van der Waals surface area (Å²) in [6.07, 6.45) is 24.3. The zero-order chi connectivity index (χ0) is 44.7. The van der Waals surface area contributed by atoms with Gasteiger partial charge in [-0.25, -0.2) is 0 Å². The van der Waals surface area contributed by atoms with Gasteiger partial charge in [-0.1, -0.05) is 45.4 Å². The average Bonchev–Trinajstić information content (AvgIpc) is 3.30. The van der Waals surface area contributed by atoms with E-state index in [0.717, 1.165) is 134 Å². The van der Waals surface area contributed by atoms with Gasteiger partial charge in [-0.15, -0.1) is 0 Å². The standard InChI is InChI=1S/C50H90N4O9/c1-3-38-60-47(55)22-34-51-26-14-43(15-27-51)10-8-11-44-16-28-52(29-17-44)35-23-48(56)61-39-6-4-5-7-40-62-49(57)24-36-53-30-18-45(19-31-53)12-9-13-46-20-32-54(33-21-46)37-25-50(58)63-42-41-59-2/h43-46H,3-42H2,1-2H3. The third-order valence-corrected chi connectivity index (χ3v) is 14.4. The first kappa shape index (κ1) is 53.3. The maximum atomic E-state index is 12.4. The molecule has 0 spiro atoms. The van der Waals surface area contributed by atoms with Crippen molar-refractivity contribution in [2.24, 2.45) is 23.7 Å². The van der Waals surface area contributed by atoms with Gasteiger partial charge in [0.25, 0.3) is 0 Å². The van der Waals surface area contributed by atoms with Crippen molar-refractivity contribution in [1.82, 2.24) is 19.6 Å². The molecule has 4 rings (SSSR count). The number of piperidine rings is 4. The Morgan fingerprint density at radius 2 is 0.667 bits per heavy atom. The first-order valence-corrected chi connectivity index (χ1v) is 25.8. The molecule has 0 aromatic heterocycles. The van der Waals surface area contributed by atoms with E-state index in [0.29, 0.717) is 58.7 Å². The molecule has 13 nitrogen and oxygen atoms in total. The van der Waals surface area contributed by atoms with E-state index in [4.69, 9.17) is 23.7 Å². The molecule has 63 heavy (non-hydrogen) atoms. The topological polar surface area (TPSA) is 127 Å². The molecule has 0 amide bonds. The molecule has 4 aliphatic heterocycles. The summed E-state index contributed by atoms with van der Waals surface area (Å²) in [7, 11) is 1.61. The minimum absolute atomic E-state index is 0.0602. The van der Waals surface area contributed by atoms with E-state index in [1.54, 1.807) is 7.11 Å². The van der Waals surface area contributed by atoms with Gasteiger partial charge in [-0.05, 0) is 160 Å². The van der Waals surface area contributed by atoms with Crippen LogP contribution in [0.1, 0.15) is 155 Å². The third-order valence-electron chi connectivity index (χ3n) is 14.4. The van der Waals surface area contributed by atoms with Crippen LogP contribution in [0, 0.1) is 23.7 Å². The molecule has 0 aliphatic carbocycles. The summed E-state index contributed by atoms with van der Waals surface area (Å²) in [5.74, 6) is 2.89. The largest absolute Gasteiger partial charge is 0.466 e. The molecular weight excluding hydrogens is 801 g/mol. The summed E-state index contributed by atoms with van der Waals surface area (Å²) in [6.45, 7) is 16.2. The van der Waals surface area contributed by atoms with Crippen LogP contribution in [-0.4, -0.2) is 162 Å². The van der Waals surface area contributed by atoms with Crippen LogP contribution in [0.5, 0.6) is 0 Å². The molecule has 0 aromatic carbocycles. The van der Waals surface area contributed by atoms with Crippen LogP contribution < -0.4 is 0 Å². The number of hydrogen-bond acceptors (Lipinski definition) is 13. The second-order valence-electron chi connectivity index (χ2n) is 19.3. The highest BCUT2D eigenvalue weighted by Crippen LogP contribution is 2.29. The number of esters is 4. The summed E-state index contributed by atoms with van der Waals surface area (Å²) in [6, 6.07) is 0. The van der Waals surface area contributed by atoms with E-state index >= 15 is 0 Å². The van der Waals surface area contributed by atoms with Crippen molar-refractivity contribution in [2.45, 2.75) is 155 Å². The summed E-state index contributed by atoms with van der Waals surface area (Å²) >= 11 is 0. The molecule has 0 bridgehead atoms. The summed E-state index contributed by atoms with van der Waals surface area (Å²) in [5.41, 5.74) is 0. The average molecular weight is 891 g/mol. The van der Waals surface area contributed by atoms with Gasteiger partial charge in [-0.2, -0.15) is 0 Å². The molecule has 4 heterocycles. The van der Waals surface area contributed by atoms with Crippen molar-refractivity contribution in [1.29, 1.82) is 0 Å². The van der Waals surface area contributed by atoms with Crippen LogP contribution in [-0.2, 0) is 42.9 Å². The van der Waals surface area contributed by atoms with E-state index < -0.39 is 0 Å². The summed E-state index contributed by atoms with van der Waals surface area (Å²) < 4.78 is 26.4. The molecule has 0 saturated carbocycles. The smallest absolute Gasteiger partial charge is 0.307 e. The third kappa shape index (κ3) is 24.7. The first-order valence-electron chi connectivity index (χ1n) is 25.8. The van der Waals surface area contributed by atoms with Gasteiger partial charge < -0.3 is 43.3 Å². The molecule has 0 unspecified atom stereocenters. The van der Waals surface area contributed by atoms with E-state index in [-0.39, 0.29) is 23.9 Å². The Balaban J connectivity index is 0.864. The number of ether oxygens (including phenoxy) is 5. The number of methoxy groups -OCH3 is 1. The maximum absolute atomic E-state index is 12.4. The number of carbonyl (C=O) groups is 4. The van der Waals surface area contributed by atoms with Crippen molar-refractivity contribution in [3.8, 4) is 0 Å². The van der Waals surface area contributed by atoms with Crippen molar-refractivity contribution < 1.29 is 42.9 Å². The lowest BCUT2D eigenvalue weighted by Crippen LogP contribution is -2.36. The molecular formula is C50H90N4O9. The molecule has 0 radical (unpaired) electrons. The lowest BCUT2D eigenvalue weighted by Gasteiger charge is -2.33. The molecule has 0 N–H and O–H groups in total. The number of carbonyl (C=O) groups excluding carboxylic acids is 4. The molecule has 364 valence electrons. The Morgan fingerprint density at radius 1 is 0.381 bits per heavy atom. The number of likely N-dealkylation sites (tertiary alicyclic amines) is 4. The van der Waals surface area contributed by atoms with Gasteiger partial charge in [-0.3, -0.25) is 19.2 Å². The fraction of sp³-hybridized carbons (Fsp3) is 0.920. The molecule has 0 aromatic rings. The zero-order valence-electron chi connectivity index (χ0n) is 40.1. The van der Waals surface area contributed by atoms with Crippen molar-refractivity contribution in [3.63, 3.8) is 0 Å². The Labute approximate surface area is 382 Å². The van der Waals surface area contributed by atoms with Crippen LogP contribution in [0.15, 0.2) is 0 Å². The quantitative estimate of drug-likeness (QED) is 0.0376. The normalized spacial score (nSPS) is 19.6. The van der Waals surface area contributed by atoms with Crippen LogP contribution in [0.3, 0.4) is 0 Å². The molecule has 4 fully saturated rings. The first-order chi connectivity index (χ1) is 30.8. The Morgan fingerprint density at radius 3 is 0.952 bits per heavy atom. The lowest BCUT2D eigenvalue weighted by molar-refractivity contribution is -0.146. The monoisotopic (exact) mass is 891 g/mol. The van der Waals surface area contributed by atoms with Gasteiger partial charge in [0, 0.05) is 33.3 Å². The second-order valence-corrected chi connectivity index (χ2v) is 19.3. The molecule has 13 heteroatoms. The number of nitrogens with zero attached hydrogens (tertiary/aromatic N) is 4. The molecule has 4 aliphatic rings. The Kier molecular flexibility index (Phi) is 28.1. The Bertz CT molecular complexity index is 1230. The summed E-state index contributed by atoms with van der Waals surface area (Å²) in [4.78, 5) is 58.1. The number of unbranched alkanes of at least 4 members (excludes halogenated alkanes) is 3. The maximum Gasteiger partial charge on any atom is 0.307 e. The highest BCUT2D eigenvalue weighted by molar-refractivity contribution is 5.70. The highest BCUT2D eigenvalue weighted by Gasteiger charge is 2.25. The van der Waals surface area contributed by atoms with E-state index in [9.17, 15) is 19.2 Å². The minimum atomic E-state index is -0.129. The fourth-order valence-electron chi connectivity index (χ4n) is 10.1. The Hall–Kier alpha value is -2.32. The highest BCUT2D eigenvalue weighted by atomic mass is 16.6. The minimum Gasteiger partial charge on any atom is -0.466 e. The predicted molar refractivity (Wildman–Crippen MR) is 247 cm³/mol. The van der Waals surface area contributed by atoms with Gasteiger partial charge >= 0.3 is 23.9 Å². The van der Waals surface area contributed by atoms with Gasteiger partial charge in [0.05, 0.1) is 52.1 Å². The fourth-order valence-corrected chi connectivity index (χ4v) is 10.1. The predicted octanol–water partition coefficient (Wildman–Crippen LogP) is 7.53. The zero-order valence-corrected chi connectivity index (χ0v) is 40.1. The van der Waals surface area contributed by atoms with Crippen molar-refractivity contribution in [2.75, 3.05) is 119 Å². The van der Waals surface area contributed by atoms with E-state index in [2.05, 4.69) is 19.6 Å². The van der Waals surface area contributed by atoms with Gasteiger partial charge in [0.1, 0.15) is 6.61 Å². The van der Waals surface area contributed by atoms with Gasteiger partial charge in [0.15, 0.2) is 0 Å². The molecule has 4 saturated heterocycles. The molecule has 0 atom stereocenters.